The summed E-state index contributed by atoms with van der Waals surface area (Å²) in [5, 5.41) is 10.2. The Labute approximate surface area is 95.0 Å². The molecule has 0 aliphatic carbocycles. The number of aliphatic hydroxyl groups is 1. The Bertz CT molecular complexity index is 381. The van der Waals surface area contributed by atoms with Crippen LogP contribution in [0.2, 0.25) is 0 Å². The fourth-order valence-electron chi connectivity index (χ4n) is 2.13. The summed E-state index contributed by atoms with van der Waals surface area (Å²) in [4.78, 5) is 11.4. The first-order chi connectivity index (χ1) is 7.70. The van der Waals surface area contributed by atoms with Crippen molar-refractivity contribution in [2.24, 2.45) is 5.92 Å². The number of hydrogen-bond donors (Lipinski definition) is 1. The Balaban J connectivity index is 2.27. The van der Waals surface area contributed by atoms with E-state index >= 15 is 0 Å². The molecule has 2 unspecified atom stereocenters. The van der Waals surface area contributed by atoms with Gasteiger partial charge < -0.3 is 9.84 Å². The lowest BCUT2D eigenvalue weighted by atomic mass is 9.91. The molecule has 2 rings (SSSR count). The molecular weight excluding hydrogens is 204 g/mol. The van der Waals surface area contributed by atoms with Crippen LogP contribution >= 0.6 is 0 Å². The largest absolute Gasteiger partial charge is 0.388 e. The maximum Gasteiger partial charge on any atom is 0.160 e. The van der Waals surface area contributed by atoms with Gasteiger partial charge in [-0.2, -0.15) is 0 Å². The van der Waals surface area contributed by atoms with Crippen molar-refractivity contribution < 1.29 is 14.6 Å². The number of ketones is 1. The third-order valence-electron chi connectivity index (χ3n) is 3.07. The fourth-order valence-corrected chi connectivity index (χ4v) is 2.13. The number of aliphatic hydroxyl groups excluding tert-OH is 1. The van der Waals surface area contributed by atoms with Crippen molar-refractivity contribution in [3.05, 3.63) is 35.4 Å². The van der Waals surface area contributed by atoms with Crippen LogP contribution in [0.5, 0.6) is 0 Å². The number of benzene rings is 1. The zero-order valence-electron chi connectivity index (χ0n) is 9.35. The molecule has 1 aromatic rings. The second-order valence-electron chi connectivity index (χ2n) is 4.21. The van der Waals surface area contributed by atoms with Crippen LogP contribution in [-0.2, 0) is 4.74 Å². The average molecular weight is 220 g/mol. The molecule has 0 saturated carbocycles. The van der Waals surface area contributed by atoms with Crippen molar-refractivity contribution in [3.8, 4) is 0 Å². The van der Waals surface area contributed by atoms with Crippen LogP contribution in [0.25, 0.3) is 0 Å². The molecule has 1 saturated heterocycles. The number of rotatable bonds is 3. The summed E-state index contributed by atoms with van der Waals surface area (Å²) in [5.74, 6) is 0.106. The second kappa shape index (κ2) is 4.76. The van der Waals surface area contributed by atoms with E-state index in [4.69, 9.17) is 4.74 Å². The van der Waals surface area contributed by atoms with Crippen LogP contribution in [0.4, 0.5) is 0 Å². The molecule has 3 nitrogen and oxygen atoms in total. The smallest absolute Gasteiger partial charge is 0.160 e. The third-order valence-corrected chi connectivity index (χ3v) is 3.07. The fraction of sp³-hybridized carbons (Fsp3) is 0.462. The van der Waals surface area contributed by atoms with Crippen molar-refractivity contribution in [1.82, 2.24) is 0 Å². The lowest BCUT2D eigenvalue weighted by Crippen LogP contribution is -2.15. The maximum absolute atomic E-state index is 11.4. The van der Waals surface area contributed by atoms with Crippen molar-refractivity contribution in [3.63, 3.8) is 0 Å². The van der Waals surface area contributed by atoms with Crippen LogP contribution < -0.4 is 0 Å². The number of hydrogen-bond acceptors (Lipinski definition) is 3. The van der Waals surface area contributed by atoms with Gasteiger partial charge in [0.25, 0.3) is 0 Å². The Kier molecular flexibility index (Phi) is 3.36. The predicted octanol–water partition coefficient (Wildman–Crippen LogP) is 1.96. The highest BCUT2D eigenvalue weighted by molar-refractivity contribution is 5.95. The molecule has 1 fully saturated rings. The molecule has 3 heteroatoms. The molecule has 0 bridgehead atoms. The molecule has 1 aliphatic rings. The van der Waals surface area contributed by atoms with E-state index in [1.165, 1.54) is 6.92 Å². The summed E-state index contributed by atoms with van der Waals surface area (Å²) in [5.41, 5.74) is 1.34. The Morgan fingerprint density at radius 3 is 2.88 bits per heavy atom. The topological polar surface area (TPSA) is 46.5 Å². The molecule has 16 heavy (non-hydrogen) atoms. The highest BCUT2D eigenvalue weighted by Gasteiger charge is 2.27. The van der Waals surface area contributed by atoms with Gasteiger partial charge in [-0.3, -0.25) is 4.79 Å². The minimum Gasteiger partial charge on any atom is -0.388 e. The first kappa shape index (κ1) is 11.3. The molecule has 86 valence electrons. The van der Waals surface area contributed by atoms with Gasteiger partial charge in [0.1, 0.15) is 0 Å². The van der Waals surface area contributed by atoms with Crippen molar-refractivity contribution >= 4 is 5.78 Å². The van der Waals surface area contributed by atoms with Gasteiger partial charge in [-0.25, -0.2) is 0 Å². The lowest BCUT2D eigenvalue weighted by Gasteiger charge is -2.19. The highest BCUT2D eigenvalue weighted by Crippen LogP contribution is 2.30. The summed E-state index contributed by atoms with van der Waals surface area (Å²) >= 11 is 0. The Hall–Kier alpha value is -1.19. The van der Waals surface area contributed by atoms with Gasteiger partial charge in [0, 0.05) is 18.1 Å². The summed E-state index contributed by atoms with van der Waals surface area (Å²) in [7, 11) is 0. The van der Waals surface area contributed by atoms with Gasteiger partial charge in [-0.1, -0.05) is 24.3 Å². The first-order valence-corrected chi connectivity index (χ1v) is 5.56. The molecule has 1 heterocycles. The first-order valence-electron chi connectivity index (χ1n) is 5.56. The van der Waals surface area contributed by atoms with E-state index in [0.717, 1.165) is 12.0 Å². The lowest BCUT2D eigenvalue weighted by molar-refractivity contribution is 0.0881. The standard InChI is InChI=1S/C13H16O3/c1-9(14)11-4-2-3-5-12(11)13(15)10-6-7-16-8-10/h2-5,10,13,15H,6-8H2,1H3. The van der Waals surface area contributed by atoms with Crippen LogP contribution in [-0.4, -0.2) is 24.1 Å². The monoisotopic (exact) mass is 220 g/mol. The Morgan fingerprint density at radius 2 is 2.25 bits per heavy atom. The van der Waals surface area contributed by atoms with Gasteiger partial charge in [-0.05, 0) is 18.9 Å². The van der Waals surface area contributed by atoms with Crippen LogP contribution in [0.1, 0.15) is 35.4 Å². The zero-order chi connectivity index (χ0) is 11.5. The molecule has 1 N–H and O–H groups in total. The van der Waals surface area contributed by atoms with E-state index in [9.17, 15) is 9.90 Å². The maximum atomic E-state index is 11.4. The molecule has 1 aromatic carbocycles. The summed E-state index contributed by atoms with van der Waals surface area (Å²) < 4.78 is 5.26. The van der Waals surface area contributed by atoms with Gasteiger partial charge in [0.2, 0.25) is 0 Å². The van der Waals surface area contributed by atoms with Crippen molar-refractivity contribution in [1.29, 1.82) is 0 Å². The minimum atomic E-state index is -0.595. The van der Waals surface area contributed by atoms with E-state index < -0.39 is 6.10 Å². The number of Topliss-reactive ketones (excluding diaryl/α,β-unsaturated/α-hetero) is 1. The molecule has 0 radical (unpaired) electrons. The molecule has 1 aliphatic heterocycles. The van der Waals surface area contributed by atoms with E-state index in [0.29, 0.717) is 18.8 Å². The average Bonchev–Trinajstić information content (AvgIpc) is 2.81. The third kappa shape index (κ3) is 2.15. The van der Waals surface area contributed by atoms with E-state index in [2.05, 4.69) is 0 Å². The molecule has 0 aromatic heterocycles. The predicted molar refractivity (Wildman–Crippen MR) is 60.3 cm³/mol. The van der Waals surface area contributed by atoms with Crippen LogP contribution in [0.15, 0.2) is 24.3 Å². The summed E-state index contributed by atoms with van der Waals surface area (Å²) in [6.45, 7) is 2.80. The molecule has 0 amide bonds. The van der Waals surface area contributed by atoms with E-state index in [1.807, 2.05) is 18.2 Å². The number of carbonyl (C=O) groups excluding carboxylic acids is 1. The van der Waals surface area contributed by atoms with E-state index in [1.54, 1.807) is 6.07 Å². The quantitative estimate of drug-likeness (QED) is 0.792. The minimum absolute atomic E-state index is 0.00596. The normalized spacial score (nSPS) is 22.0. The van der Waals surface area contributed by atoms with Gasteiger partial charge in [-0.15, -0.1) is 0 Å². The zero-order valence-corrected chi connectivity index (χ0v) is 9.35. The van der Waals surface area contributed by atoms with Crippen LogP contribution in [0, 0.1) is 5.92 Å². The van der Waals surface area contributed by atoms with Gasteiger partial charge in [0.05, 0.1) is 12.7 Å². The van der Waals surface area contributed by atoms with E-state index in [-0.39, 0.29) is 11.7 Å². The SMILES string of the molecule is CC(=O)c1ccccc1C(O)C1CCOC1. The van der Waals surface area contributed by atoms with Crippen LogP contribution in [0.3, 0.4) is 0 Å². The number of carbonyl (C=O) groups is 1. The highest BCUT2D eigenvalue weighted by atomic mass is 16.5. The second-order valence-corrected chi connectivity index (χ2v) is 4.21. The molecular formula is C13H16O3. The summed E-state index contributed by atoms with van der Waals surface area (Å²) in [6.07, 6.45) is 0.260. The van der Waals surface area contributed by atoms with Crippen molar-refractivity contribution in [2.75, 3.05) is 13.2 Å². The molecule has 0 spiro atoms. The summed E-state index contributed by atoms with van der Waals surface area (Å²) in [6, 6.07) is 7.25. The number of ether oxygens (including phenoxy) is 1. The van der Waals surface area contributed by atoms with Crippen molar-refractivity contribution in [2.45, 2.75) is 19.4 Å². The van der Waals surface area contributed by atoms with Gasteiger partial charge in [0.15, 0.2) is 5.78 Å². The van der Waals surface area contributed by atoms with Gasteiger partial charge >= 0.3 is 0 Å². The Morgan fingerprint density at radius 1 is 1.50 bits per heavy atom. The molecule has 2 atom stereocenters.